The molecule has 1 rings (SSSR count). The maximum atomic E-state index is 13.6. The van der Waals surface area contributed by atoms with E-state index in [2.05, 4.69) is 18.6 Å². The summed E-state index contributed by atoms with van der Waals surface area (Å²) in [5.74, 6) is 0.0434. The molecule has 120 valence electrons. The molecule has 2 N–H and O–H groups in total. The topological polar surface area (TPSA) is 66.4 Å². The van der Waals surface area contributed by atoms with Crippen LogP contribution >= 0.6 is 0 Å². The quantitative estimate of drug-likeness (QED) is 0.725. The molecule has 0 saturated heterocycles. The Morgan fingerprint density at radius 2 is 1.95 bits per heavy atom. The molecule has 6 heteroatoms. The third-order valence-corrected chi connectivity index (χ3v) is 4.72. The summed E-state index contributed by atoms with van der Waals surface area (Å²) in [6, 6.07) is 2.46. The normalized spacial score (nSPS) is 12.1. The molecule has 1 aromatic carbocycles. The van der Waals surface area contributed by atoms with Gasteiger partial charge in [0.2, 0.25) is 10.0 Å². The van der Waals surface area contributed by atoms with Gasteiger partial charge in [0.25, 0.3) is 0 Å². The highest BCUT2D eigenvalue weighted by Crippen LogP contribution is 2.19. The molecule has 0 aliphatic rings. The highest BCUT2D eigenvalue weighted by Gasteiger charge is 2.17. The van der Waals surface area contributed by atoms with Crippen LogP contribution in [0, 0.1) is 18.7 Å². The predicted molar refractivity (Wildman–Crippen MR) is 80.9 cm³/mol. The average molecular weight is 317 g/mol. The summed E-state index contributed by atoms with van der Waals surface area (Å²) in [4.78, 5) is -0.00527. The van der Waals surface area contributed by atoms with Crippen LogP contribution in [0.2, 0.25) is 0 Å². The largest absolute Gasteiger partial charge is 0.392 e. The monoisotopic (exact) mass is 317 g/mol. The second kappa shape index (κ2) is 7.87. The van der Waals surface area contributed by atoms with Crippen molar-refractivity contribution < 1.29 is 17.9 Å². The van der Waals surface area contributed by atoms with Gasteiger partial charge in [0.15, 0.2) is 0 Å². The van der Waals surface area contributed by atoms with Crippen LogP contribution in [-0.2, 0) is 16.6 Å². The van der Waals surface area contributed by atoms with Gasteiger partial charge in [-0.25, -0.2) is 17.5 Å². The SMILES string of the molecule is Cc1cc(S(=O)(=O)NCCCCC(C)C)cc(CO)c1F. The predicted octanol–water partition coefficient (Wildman–Crippen LogP) is 2.73. The van der Waals surface area contributed by atoms with Crippen molar-refractivity contribution in [3.63, 3.8) is 0 Å². The van der Waals surface area contributed by atoms with E-state index < -0.39 is 22.4 Å². The number of sulfonamides is 1. The van der Waals surface area contributed by atoms with Crippen molar-refractivity contribution in [1.29, 1.82) is 0 Å². The first-order chi connectivity index (χ1) is 9.77. The molecular weight excluding hydrogens is 293 g/mol. The average Bonchev–Trinajstić information content (AvgIpc) is 2.40. The minimum Gasteiger partial charge on any atom is -0.392 e. The number of aryl methyl sites for hydroxylation is 1. The van der Waals surface area contributed by atoms with E-state index in [-0.39, 0.29) is 16.0 Å². The zero-order valence-electron chi connectivity index (χ0n) is 12.8. The number of halogens is 1. The fourth-order valence-electron chi connectivity index (χ4n) is 2.04. The Morgan fingerprint density at radius 3 is 2.52 bits per heavy atom. The fraction of sp³-hybridized carbons (Fsp3) is 0.600. The van der Waals surface area contributed by atoms with E-state index >= 15 is 0 Å². The van der Waals surface area contributed by atoms with Gasteiger partial charge < -0.3 is 5.11 Å². The summed E-state index contributed by atoms with van der Waals surface area (Å²) in [7, 11) is -3.66. The van der Waals surface area contributed by atoms with Crippen molar-refractivity contribution in [3.8, 4) is 0 Å². The zero-order chi connectivity index (χ0) is 16.0. The van der Waals surface area contributed by atoms with Gasteiger partial charge in [0.1, 0.15) is 5.82 Å². The van der Waals surface area contributed by atoms with E-state index in [1.165, 1.54) is 19.1 Å². The van der Waals surface area contributed by atoms with Gasteiger partial charge in [-0.3, -0.25) is 0 Å². The lowest BCUT2D eigenvalue weighted by atomic mass is 10.1. The molecule has 21 heavy (non-hydrogen) atoms. The molecule has 0 aliphatic carbocycles. The van der Waals surface area contributed by atoms with Gasteiger partial charge >= 0.3 is 0 Å². The minimum absolute atomic E-state index is 0.00446. The second-order valence-electron chi connectivity index (χ2n) is 5.66. The third kappa shape index (κ3) is 5.37. The van der Waals surface area contributed by atoms with Gasteiger partial charge in [-0.05, 0) is 37.0 Å². The summed E-state index contributed by atoms with van der Waals surface area (Å²) < 4.78 is 40.4. The molecule has 0 unspecified atom stereocenters. The lowest BCUT2D eigenvalue weighted by Gasteiger charge is -2.10. The zero-order valence-corrected chi connectivity index (χ0v) is 13.6. The van der Waals surface area contributed by atoms with E-state index in [0.29, 0.717) is 12.5 Å². The Morgan fingerprint density at radius 1 is 1.29 bits per heavy atom. The molecule has 0 spiro atoms. The Balaban J connectivity index is 2.72. The highest BCUT2D eigenvalue weighted by molar-refractivity contribution is 7.89. The number of nitrogens with one attached hydrogen (secondary N) is 1. The fourth-order valence-corrected chi connectivity index (χ4v) is 3.25. The van der Waals surface area contributed by atoms with E-state index in [9.17, 15) is 12.8 Å². The van der Waals surface area contributed by atoms with Gasteiger partial charge in [0.05, 0.1) is 11.5 Å². The number of hydrogen-bond donors (Lipinski definition) is 2. The molecule has 0 amide bonds. The molecule has 0 bridgehead atoms. The number of benzene rings is 1. The molecule has 0 heterocycles. The van der Waals surface area contributed by atoms with E-state index in [1.54, 1.807) is 0 Å². The van der Waals surface area contributed by atoms with Crippen molar-refractivity contribution in [1.82, 2.24) is 4.72 Å². The van der Waals surface area contributed by atoms with Crippen LogP contribution in [-0.4, -0.2) is 20.1 Å². The molecule has 0 saturated carbocycles. The Kier molecular flexibility index (Phi) is 6.77. The van der Waals surface area contributed by atoms with E-state index in [0.717, 1.165) is 19.3 Å². The summed E-state index contributed by atoms with van der Waals surface area (Å²) in [6.07, 6.45) is 2.79. The first-order valence-corrected chi connectivity index (χ1v) is 8.65. The number of hydrogen-bond acceptors (Lipinski definition) is 3. The summed E-state index contributed by atoms with van der Waals surface area (Å²) in [5.41, 5.74) is 0.205. The first kappa shape index (κ1) is 18.1. The van der Waals surface area contributed by atoms with E-state index in [1.807, 2.05) is 0 Å². The molecule has 0 atom stereocenters. The summed E-state index contributed by atoms with van der Waals surface area (Å²) in [5, 5.41) is 9.08. The Hall–Kier alpha value is -0.980. The van der Waals surface area contributed by atoms with Gasteiger partial charge in [-0.15, -0.1) is 0 Å². The van der Waals surface area contributed by atoms with Gasteiger partial charge in [-0.1, -0.05) is 26.7 Å². The van der Waals surface area contributed by atoms with E-state index in [4.69, 9.17) is 5.11 Å². The molecule has 0 aliphatic heterocycles. The van der Waals surface area contributed by atoms with Crippen molar-refractivity contribution in [2.75, 3.05) is 6.54 Å². The van der Waals surface area contributed by atoms with Crippen LogP contribution in [0.1, 0.15) is 44.2 Å². The number of aliphatic hydroxyl groups excluding tert-OH is 1. The smallest absolute Gasteiger partial charge is 0.240 e. The van der Waals surface area contributed by atoms with Crippen molar-refractivity contribution in [2.45, 2.75) is 51.5 Å². The van der Waals surface area contributed by atoms with Crippen molar-refractivity contribution >= 4 is 10.0 Å². The lowest BCUT2D eigenvalue weighted by molar-refractivity contribution is 0.275. The van der Waals surface area contributed by atoms with Crippen LogP contribution in [0.5, 0.6) is 0 Å². The Bertz CT molecular complexity index is 571. The molecular formula is C15H24FNO3S. The molecule has 4 nitrogen and oxygen atoms in total. The highest BCUT2D eigenvalue weighted by atomic mass is 32.2. The van der Waals surface area contributed by atoms with Crippen LogP contribution in [0.15, 0.2) is 17.0 Å². The molecule has 0 aromatic heterocycles. The number of rotatable bonds is 8. The maximum absolute atomic E-state index is 13.6. The van der Waals surface area contributed by atoms with Crippen molar-refractivity contribution in [3.05, 3.63) is 29.1 Å². The Labute approximate surface area is 126 Å². The van der Waals surface area contributed by atoms with Crippen LogP contribution in [0.25, 0.3) is 0 Å². The van der Waals surface area contributed by atoms with Crippen LogP contribution in [0.3, 0.4) is 0 Å². The molecule has 0 radical (unpaired) electrons. The van der Waals surface area contributed by atoms with Gasteiger partial charge in [0, 0.05) is 12.1 Å². The van der Waals surface area contributed by atoms with Crippen LogP contribution in [0.4, 0.5) is 4.39 Å². The minimum atomic E-state index is -3.66. The first-order valence-electron chi connectivity index (χ1n) is 7.17. The second-order valence-corrected chi connectivity index (χ2v) is 7.43. The lowest BCUT2D eigenvalue weighted by Crippen LogP contribution is -2.25. The number of aliphatic hydroxyl groups is 1. The van der Waals surface area contributed by atoms with Crippen LogP contribution < -0.4 is 4.72 Å². The van der Waals surface area contributed by atoms with Crippen molar-refractivity contribution in [2.24, 2.45) is 5.92 Å². The summed E-state index contributed by atoms with van der Waals surface area (Å²) >= 11 is 0. The molecule has 1 aromatic rings. The third-order valence-electron chi connectivity index (χ3n) is 3.28. The number of unbranched alkanes of at least 4 members (excludes halogenated alkanes) is 1. The molecule has 0 fully saturated rings. The standard InChI is InChI=1S/C15H24FNO3S/c1-11(2)6-4-5-7-17-21(19,20)14-8-12(3)15(16)13(9-14)10-18/h8-9,11,17-18H,4-7,10H2,1-3H3. The summed E-state index contributed by atoms with van der Waals surface area (Å²) in [6.45, 7) is 5.57. The maximum Gasteiger partial charge on any atom is 0.240 e. The van der Waals surface area contributed by atoms with Gasteiger partial charge in [-0.2, -0.15) is 0 Å².